The summed E-state index contributed by atoms with van der Waals surface area (Å²) in [5.74, 6) is 0.911. The topological polar surface area (TPSA) is 39.1 Å². The van der Waals surface area contributed by atoms with Crippen LogP contribution in [0.4, 0.5) is 5.95 Å². The van der Waals surface area contributed by atoms with E-state index >= 15 is 0 Å². The van der Waals surface area contributed by atoms with Gasteiger partial charge in [0.25, 0.3) is 0 Å². The van der Waals surface area contributed by atoms with Crippen molar-refractivity contribution in [3.8, 4) is 0 Å². The number of hydrogen-bond acceptors (Lipinski definition) is 3. The van der Waals surface area contributed by atoms with Crippen molar-refractivity contribution < 1.29 is 4.74 Å². The summed E-state index contributed by atoms with van der Waals surface area (Å²) >= 11 is 0. The summed E-state index contributed by atoms with van der Waals surface area (Å²) in [5.41, 5.74) is 2.16. The zero-order valence-electron chi connectivity index (χ0n) is 12.2. The Morgan fingerprint density at radius 1 is 1.26 bits per heavy atom. The zero-order valence-corrected chi connectivity index (χ0v) is 12.2. The molecule has 0 saturated heterocycles. The molecule has 0 aliphatic rings. The second-order valence-corrected chi connectivity index (χ2v) is 5.65. The molecule has 1 aromatic carbocycles. The van der Waals surface area contributed by atoms with E-state index in [1.54, 1.807) is 0 Å². The van der Waals surface area contributed by atoms with Crippen molar-refractivity contribution in [1.29, 1.82) is 0 Å². The van der Waals surface area contributed by atoms with Gasteiger partial charge < -0.3 is 14.6 Å². The number of nitrogens with zero attached hydrogens (tertiary/aromatic N) is 2. The van der Waals surface area contributed by atoms with Gasteiger partial charge in [0.1, 0.15) is 0 Å². The van der Waals surface area contributed by atoms with E-state index in [-0.39, 0.29) is 5.54 Å². The molecule has 0 aliphatic carbocycles. The van der Waals surface area contributed by atoms with Crippen LogP contribution in [-0.4, -0.2) is 28.3 Å². The highest BCUT2D eigenvalue weighted by Crippen LogP contribution is 2.21. The highest BCUT2D eigenvalue weighted by Gasteiger charge is 2.16. The molecule has 0 aliphatic heterocycles. The van der Waals surface area contributed by atoms with Gasteiger partial charge in [0.2, 0.25) is 5.95 Å². The second-order valence-electron chi connectivity index (χ2n) is 5.65. The van der Waals surface area contributed by atoms with E-state index in [2.05, 4.69) is 41.7 Å². The fourth-order valence-corrected chi connectivity index (χ4v) is 2.03. The molecule has 0 spiro atoms. The van der Waals surface area contributed by atoms with Crippen molar-refractivity contribution in [1.82, 2.24) is 9.55 Å². The van der Waals surface area contributed by atoms with Gasteiger partial charge in [-0.3, -0.25) is 0 Å². The van der Waals surface area contributed by atoms with Gasteiger partial charge in [0, 0.05) is 18.7 Å². The van der Waals surface area contributed by atoms with Crippen molar-refractivity contribution in [2.45, 2.75) is 39.8 Å². The predicted molar refractivity (Wildman–Crippen MR) is 79.6 cm³/mol. The lowest BCUT2D eigenvalue weighted by Crippen LogP contribution is -2.28. The lowest BCUT2D eigenvalue weighted by Gasteiger charge is -2.22. The summed E-state index contributed by atoms with van der Waals surface area (Å²) in [6.45, 7) is 10.7. The Bertz CT molecular complexity index is 540. The highest BCUT2D eigenvalue weighted by atomic mass is 16.5. The van der Waals surface area contributed by atoms with E-state index in [0.717, 1.165) is 30.1 Å². The summed E-state index contributed by atoms with van der Waals surface area (Å²) in [4.78, 5) is 4.67. The molecular weight excluding hydrogens is 238 g/mol. The monoisotopic (exact) mass is 261 g/mol. The standard InChI is InChI=1S/C15H23N3O/c1-5-19-11-10-18-13-9-7-6-8-12(13)16-14(18)17-15(2,3)4/h6-9H,5,10-11H2,1-4H3,(H,16,17). The first-order chi connectivity index (χ1) is 9.01. The Morgan fingerprint density at radius 2 is 2.00 bits per heavy atom. The number of nitrogens with one attached hydrogen (secondary N) is 1. The molecule has 1 N–H and O–H groups in total. The molecule has 1 aromatic heterocycles. The van der Waals surface area contributed by atoms with Crippen LogP contribution in [0.5, 0.6) is 0 Å². The van der Waals surface area contributed by atoms with Gasteiger partial charge >= 0.3 is 0 Å². The van der Waals surface area contributed by atoms with E-state index in [9.17, 15) is 0 Å². The van der Waals surface area contributed by atoms with Gasteiger partial charge in [0.15, 0.2) is 0 Å². The van der Waals surface area contributed by atoms with Crippen LogP contribution in [0.15, 0.2) is 24.3 Å². The minimum atomic E-state index is -0.00919. The first-order valence-electron chi connectivity index (χ1n) is 6.82. The molecular formula is C15H23N3O. The number of para-hydroxylation sites is 2. The molecule has 0 bridgehead atoms. The molecule has 0 fully saturated rings. The molecule has 104 valence electrons. The minimum absolute atomic E-state index is 0.00919. The van der Waals surface area contributed by atoms with Crippen LogP contribution in [0.25, 0.3) is 11.0 Å². The number of aromatic nitrogens is 2. The van der Waals surface area contributed by atoms with Gasteiger partial charge in [-0.2, -0.15) is 0 Å². The molecule has 0 saturated carbocycles. The number of hydrogen-bond donors (Lipinski definition) is 1. The molecule has 19 heavy (non-hydrogen) atoms. The Balaban J connectivity index is 2.34. The first kappa shape index (κ1) is 13.9. The van der Waals surface area contributed by atoms with Crippen LogP contribution in [0.2, 0.25) is 0 Å². The van der Waals surface area contributed by atoms with E-state index < -0.39 is 0 Å². The molecule has 0 amide bonds. The fraction of sp³-hybridized carbons (Fsp3) is 0.533. The molecule has 4 nitrogen and oxygen atoms in total. The van der Waals surface area contributed by atoms with Crippen LogP contribution in [0.1, 0.15) is 27.7 Å². The minimum Gasteiger partial charge on any atom is -0.380 e. The lowest BCUT2D eigenvalue weighted by molar-refractivity contribution is 0.140. The van der Waals surface area contributed by atoms with E-state index in [0.29, 0.717) is 6.61 Å². The van der Waals surface area contributed by atoms with Crippen molar-refractivity contribution in [2.24, 2.45) is 0 Å². The molecule has 2 rings (SSSR count). The number of rotatable bonds is 5. The van der Waals surface area contributed by atoms with Crippen molar-refractivity contribution in [3.05, 3.63) is 24.3 Å². The number of fused-ring (bicyclic) bond motifs is 1. The van der Waals surface area contributed by atoms with E-state index in [1.165, 1.54) is 0 Å². The molecule has 0 radical (unpaired) electrons. The van der Waals surface area contributed by atoms with Gasteiger partial charge in [-0.1, -0.05) is 12.1 Å². The molecule has 4 heteroatoms. The Labute approximate surface area is 114 Å². The maximum atomic E-state index is 5.46. The zero-order chi connectivity index (χ0) is 13.9. The normalized spacial score (nSPS) is 12.0. The third-order valence-electron chi connectivity index (χ3n) is 2.80. The van der Waals surface area contributed by atoms with Crippen molar-refractivity contribution in [2.75, 3.05) is 18.5 Å². The van der Waals surface area contributed by atoms with Crippen LogP contribution in [0, 0.1) is 0 Å². The van der Waals surface area contributed by atoms with Gasteiger partial charge in [-0.05, 0) is 39.8 Å². The van der Waals surface area contributed by atoms with Crippen LogP contribution < -0.4 is 5.32 Å². The van der Waals surface area contributed by atoms with Gasteiger partial charge in [0.05, 0.1) is 17.6 Å². The summed E-state index contributed by atoms with van der Waals surface area (Å²) < 4.78 is 7.66. The average molecular weight is 261 g/mol. The maximum Gasteiger partial charge on any atom is 0.204 e. The summed E-state index contributed by atoms with van der Waals surface area (Å²) in [6, 6.07) is 8.20. The molecule has 1 heterocycles. The van der Waals surface area contributed by atoms with E-state index in [4.69, 9.17) is 4.74 Å². The summed E-state index contributed by atoms with van der Waals surface area (Å²) in [5, 5.41) is 3.46. The lowest BCUT2D eigenvalue weighted by atomic mass is 10.1. The van der Waals surface area contributed by atoms with Crippen molar-refractivity contribution >= 4 is 17.0 Å². The average Bonchev–Trinajstić information content (AvgIpc) is 2.65. The Kier molecular flexibility index (Phi) is 4.10. The van der Waals surface area contributed by atoms with Gasteiger partial charge in [-0.15, -0.1) is 0 Å². The largest absolute Gasteiger partial charge is 0.380 e. The number of imidazole rings is 1. The maximum absolute atomic E-state index is 5.46. The molecule has 2 aromatic rings. The third kappa shape index (κ3) is 3.47. The van der Waals surface area contributed by atoms with Gasteiger partial charge in [-0.25, -0.2) is 4.98 Å². The Hall–Kier alpha value is -1.55. The quantitative estimate of drug-likeness (QED) is 0.839. The summed E-state index contributed by atoms with van der Waals surface area (Å²) in [6.07, 6.45) is 0. The number of ether oxygens (including phenoxy) is 1. The summed E-state index contributed by atoms with van der Waals surface area (Å²) in [7, 11) is 0. The molecule has 0 atom stereocenters. The fourth-order valence-electron chi connectivity index (χ4n) is 2.03. The SMILES string of the molecule is CCOCCn1c(NC(C)(C)C)nc2ccccc21. The van der Waals surface area contributed by atoms with Crippen molar-refractivity contribution in [3.63, 3.8) is 0 Å². The van der Waals surface area contributed by atoms with Crippen LogP contribution >= 0.6 is 0 Å². The number of anilines is 1. The smallest absolute Gasteiger partial charge is 0.204 e. The Morgan fingerprint density at radius 3 is 2.68 bits per heavy atom. The first-order valence-corrected chi connectivity index (χ1v) is 6.82. The number of benzene rings is 1. The van der Waals surface area contributed by atoms with E-state index in [1.807, 2.05) is 25.1 Å². The third-order valence-corrected chi connectivity index (χ3v) is 2.80. The van der Waals surface area contributed by atoms with Crippen LogP contribution in [0.3, 0.4) is 0 Å². The predicted octanol–water partition coefficient (Wildman–Crippen LogP) is 3.28. The molecule has 0 unspecified atom stereocenters. The second kappa shape index (κ2) is 5.61. The highest BCUT2D eigenvalue weighted by molar-refractivity contribution is 5.78. The van der Waals surface area contributed by atoms with Crippen LogP contribution in [-0.2, 0) is 11.3 Å².